The number of benzene rings is 1. The van der Waals surface area contributed by atoms with Gasteiger partial charge >= 0.3 is 0 Å². The lowest BCUT2D eigenvalue weighted by Gasteiger charge is -2.13. The maximum atomic E-state index is 5.81. The molecule has 0 aliphatic carbocycles. The topological polar surface area (TPSA) is 57.4 Å². The Balaban J connectivity index is 2.13. The van der Waals surface area contributed by atoms with Gasteiger partial charge < -0.3 is 15.2 Å². The van der Waals surface area contributed by atoms with E-state index in [4.69, 9.17) is 15.2 Å². The number of aromatic nitrogens is 1. The van der Waals surface area contributed by atoms with E-state index < -0.39 is 0 Å². The summed E-state index contributed by atoms with van der Waals surface area (Å²) in [5.74, 6) is 0.808. The first-order valence-electron chi connectivity index (χ1n) is 5.52. The lowest BCUT2D eigenvalue weighted by atomic mass is 10.2. The molecule has 1 heterocycles. The first kappa shape index (κ1) is 11.8. The molecule has 2 rings (SSSR count). The van der Waals surface area contributed by atoms with Gasteiger partial charge in [0, 0.05) is 18.7 Å². The van der Waals surface area contributed by atoms with Gasteiger partial charge in [0.15, 0.2) is 0 Å². The molecule has 2 N–H and O–H groups in total. The van der Waals surface area contributed by atoms with Crippen LogP contribution < -0.4 is 10.5 Å². The summed E-state index contributed by atoms with van der Waals surface area (Å²) in [6.07, 6.45) is 1.77. The Kier molecular flexibility index (Phi) is 3.90. The molecule has 0 fully saturated rings. The Morgan fingerprint density at radius 1 is 1.24 bits per heavy atom. The van der Waals surface area contributed by atoms with Crippen molar-refractivity contribution in [3.63, 3.8) is 0 Å². The van der Waals surface area contributed by atoms with Gasteiger partial charge in [-0.25, -0.2) is 0 Å². The van der Waals surface area contributed by atoms with Gasteiger partial charge in [0.05, 0.1) is 18.2 Å². The summed E-state index contributed by atoms with van der Waals surface area (Å²) in [5, 5.41) is 1.000. The fourth-order valence-corrected chi connectivity index (χ4v) is 1.66. The Morgan fingerprint density at radius 2 is 2.12 bits per heavy atom. The van der Waals surface area contributed by atoms with E-state index in [0.29, 0.717) is 13.2 Å². The number of fused-ring (bicyclic) bond motifs is 1. The van der Waals surface area contributed by atoms with Gasteiger partial charge in [-0.1, -0.05) is 6.07 Å². The minimum absolute atomic E-state index is 0.119. The highest BCUT2D eigenvalue weighted by atomic mass is 16.5. The van der Waals surface area contributed by atoms with Crippen LogP contribution in [-0.2, 0) is 4.74 Å². The third kappa shape index (κ3) is 2.93. The summed E-state index contributed by atoms with van der Waals surface area (Å²) in [7, 11) is 1.63. The van der Waals surface area contributed by atoms with Crippen molar-refractivity contribution >= 4 is 10.9 Å². The van der Waals surface area contributed by atoms with E-state index in [2.05, 4.69) is 4.98 Å². The molecule has 0 saturated heterocycles. The Labute approximate surface area is 100 Å². The van der Waals surface area contributed by atoms with Crippen molar-refractivity contribution in [1.29, 1.82) is 0 Å². The van der Waals surface area contributed by atoms with Crippen LogP contribution in [0.5, 0.6) is 5.75 Å². The van der Waals surface area contributed by atoms with Gasteiger partial charge in [-0.2, -0.15) is 0 Å². The Bertz CT molecular complexity index is 482. The number of nitrogens with zero attached hydrogens (tertiary/aromatic N) is 1. The van der Waals surface area contributed by atoms with Crippen LogP contribution in [0.1, 0.15) is 0 Å². The minimum Gasteiger partial charge on any atom is -0.491 e. The Hall–Kier alpha value is -1.65. The number of rotatable bonds is 5. The molecule has 0 spiro atoms. The molecule has 0 bridgehead atoms. The van der Waals surface area contributed by atoms with E-state index in [1.807, 2.05) is 30.3 Å². The molecule has 90 valence electrons. The largest absolute Gasteiger partial charge is 0.491 e. The molecule has 1 aromatic carbocycles. The molecular formula is C13H16N2O2. The van der Waals surface area contributed by atoms with E-state index in [0.717, 1.165) is 16.7 Å². The first-order valence-corrected chi connectivity index (χ1v) is 5.52. The SMILES string of the molecule is COCC(N)COc1cccc2ncccc12. The van der Waals surface area contributed by atoms with Gasteiger partial charge in [0.2, 0.25) is 0 Å². The van der Waals surface area contributed by atoms with E-state index in [1.54, 1.807) is 13.3 Å². The van der Waals surface area contributed by atoms with Gasteiger partial charge in [-0.3, -0.25) is 4.98 Å². The van der Waals surface area contributed by atoms with Crippen LogP contribution in [0.3, 0.4) is 0 Å². The molecule has 0 radical (unpaired) electrons. The van der Waals surface area contributed by atoms with Crippen LogP contribution in [0.4, 0.5) is 0 Å². The summed E-state index contributed by atoms with van der Waals surface area (Å²) in [5.41, 5.74) is 6.73. The van der Waals surface area contributed by atoms with Crippen LogP contribution in [0.2, 0.25) is 0 Å². The molecule has 0 aliphatic rings. The van der Waals surface area contributed by atoms with E-state index in [9.17, 15) is 0 Å². The summed E-state index contributed by atoms with van der Waals surface area (Å²) in [6, 6.07) is 9.56. The summed E-state index contributed by atoms with van der Waals surface area (Å²) >= 11 is 0. The zero-order valence-electron chi connectivity index (χ0n) is 9.80. The first-order chi connectivity index (χ1) is 8.31. The lowest BCUT2D eigenvalue weighted by Crippen LogP contribution is -2.32. The van der Waals surface area contributed by atoms with Crippen molar-refractivity contribution in [2.24, 2.45) is 5.73 Å². The third-order valence-electron chi connectivity index (χ3n) is 2.44. The number of methoxy groups -OCH3 is 1. The Morgan fingerprint density at radius 3 is 2.94 bits per heavy atom. The molecule has 0 saturated carbocycles. The van der Waals surface area contributed by atoms with Gasteiger partial charge in [-0.15, -0.1) is 0 Å². The highest BCUT2D eigenvalue weighted by Gasteiger charge is 2.05. The van der Waals surface area contributed by atoms with Crippen LogP contribution in [0, 0.1) is 0 Å². The fraction of sp³-hybridized carbons (Fsp3) is 0.308. The van der Waals surface area contributed by atoms with E-state index >= 15 is 0 Å². The molecule has 17 heavy (non-hydrogen) atoms. The molecule has 0 amide bonds. The monoisotopic (exact) mass is 232 g/mol. The molecule has 4 nitrogen and oxygen atoms in total. The lowest BCUT2D eigenvalue weighted by molar-refractivity contribution is 0.153. The predicted octanol–water partition coefficient (Wildman–Crippen LogP) is 1.59. The van der Waals surface area contributed by atoms with Crippen molar-refractivity contribution < 1.29 is 9.47 Å². The summed E-state index contributed by atoms with van der Waals surface area (Å²) in [4.78, 5) is 4.27. The molecule has 4 heteroatoms. The molecule has 1 unspecified atom stereocenters. The number of nitrogens with two attached hydrogens (primary N) is 1. The zero-order chi connectivity index (χ0) is 12.1. The molecule has 1 aromatic heterocycles. The molecule has 2 aromatic rings. The second-order valence-electron chi connectivity index (χ2n) is 3.85. The van der Waals surface area contributed by atoms with Crippen LogP contribution in [-0.4, -0.2) is 31.3 Å². The number of ether oxygens (including phenoxy) is 2. The van der Waals surface area contributed by atoms with Crippen LogP contribution >= 0.6 is 0 Å². The van der Waals surface area contributed by atoms with Crippen LogP contribution in [0.25, 0.3) is 10.9 Å². The average molecular weight is 232 g/mol. The van der Waals surface area contributed by atoms with Crippen molar-refractivity contribution in [3.8, 4) is 5.75 Å². The number of pyridine rings is 1. The van der Waals surface area contributed by atoms with Crippen molar-refractivity contribution in [1.82, 2.24) is 4.98 Å². The molecule has 0 aliphatic heterocycles. The van der Waals surface area contributed by atoms with Gasteiger partial charge in [0.25, 0.3) is 0 Å². The van der Waals surface area contributed by atoms with Gasteiger partial charge in [0.1, 0.15) is 12.4 Å². The molecular weight excluding hydrogens is 216 g/mol. The van der Waals surface area contributed by atoms with Crippen LogP contribution in [0.15, 0.2) is 36.5 Å². The predicted molar refractivity (Wildman–Crippen MR) is 67.1 cm³/mol. The molecule has 1 atom stereocenters. The van der Waals surface area contributed by atoms with E-state index in [-0.39, 0.29) is 6.04 Å². The quantitative estimate of drug-likeness (QED) is 0.850. The zero-order valence-corrected chi connectivity index (χ0v) is 9.80. The summed E-state index contributed by atoms with van der Waals surface area (Å²) in [6.45, 7) is 0.921. The fourth-order valence-electron chi connectivity index (χ4n) is 1.66. The second kappa shape index (κ2) is 5.61. The van der Waals surface area contributed by atoms with E-state index in [1.165, 1.54) is 0 Å². The minimum atomic E-state index is -0.119. The third-order valence-corrected chi connectivity index (χ3v) is 2.44. The van der Waals surface area contributed by atoms with Crippen molar-refractivity contribution in [3.05, 3.63) is 36.5 Å². The smallest absolute Gasteiger partial charge is 0.128 e. The van der Waals surface area contributed by atoms with Gasteiger partial charge in [-0.05, 0) is 24.3 Å². The van der Waals surface area contributed by atoms with Crippen molar-refractivity contribution in [2.75, 3.05) is 20.3 Å². The number of hydrogen-bond donors (Lipinski definition) is 1. The highest BCUT2D eigenvalue weighted by molar-refractivity contribution is 5.84. The number of hydrogen-bond acceptors (Lipinski definition) is 4. The van der Waals surface area contributed by atoms with Crippen molar-refractivity contribution in [2.45, 2.75) is 6.04 Å². The normalized spacial score (nSPS) is 12.6. The second-order valence-corrected chi connectivity index (χ2v) is 3.85. The maximum Gasteiger partial charge on any atom is 0.128 e. The average Bonchev–Trinajstić information content (AvgIpc) is 2.36. The summed E-state index contributed by atoms with van der Waals surface area (Å²) < 4.78 is 10.7. The maximum absolute atomic E-state index is 5.81. The standard InChI is InChI=1S/C13H16N2O2/c1-16-8-10(14)9-17-13-6-2-5-12-11(13)4-3-7-15-12/h2-7,10H,8-9,14H2,1H3. The highest BCUT2D eigenvalue weighted by Crippen LogP contribution is 2.23.